The predicted octanol–water partition coefficient (Wildman–Crippen LogP) is 3.34. The first-order valence-corrected chi connectivity index (χ1v) is 7.61. The lowest BCUT2D eigenvalue weighted by molar-refractivity contribution is -0.120. The molecule has 0 radical (unpaired) electrons. The topological polar surface area (TPSA) is 47.6 Å². The number of amides is 1. The summed E-state index contributed by atoms with van der Waals surface area (Å²) in [5, 5.41) is 2.73. The highest BCUT2D eigenvalue weighted by Gasteiger charge is 2.11. The second-order valence-corrected chi connectivity index (χ2v) is 5.27. The van der Waals surface area contributed by atoms with Crippen LogP contribution in [0.1, 0.15) is 11.1 Å². The molecule has 2 aromatic rings. The highest BCUT2D eigenvalue weighted by atomic mass is 19.3. The summed E-state index contributed by atoms with van der Waals surface area (Å²) in [7, 11) is 1.36. The lowest BCUT2D eigenvalue weighted by Crippen LogP contribution is -2.27. The van der Waals surface area contributed by atoms with E-state index < -0.39 is 6.61 Å². The van der Waals surface area contributed by atoms with Gasteiger partial charge in [-0.1, -0.05) is 18.2 Å². The maximum atomic E-state index is 13.1. The Bertz CT molecular complexity index is 722. The average Bonchev–Trinajstić information content (AvgIpc) is 2.55. The number of halogens is 3. The van der Waals surface area contributed by atoms with Gasteiger partial charge in [-0.2, -0.15) is 8.78 Å². The number of carbonyl (C=O) groups is 1. The van der Waals surface area contributed by atoms with E-state index in [4.69, 9.17) is 4.74 Å². The lowest BCUT2D eigenvalue weighted by atomic mass is 10.1. The van der Waals surface area contributed by atoms with E-state index in [1.807, 2.05) is 0 Å². The molecule has 0 aromatic heterocycles. The molecule has 1 N–H and O–H groups in total. The molecule has 0 aliphatic heterocycles. The van der Waals surface area contributed by atoms with Gasteiger partial charge in [0.15, 0.2) is 11.5 Å². The van der Waals surface area contributed by atoms with Crippen molar-refractivity contribution in [2.45, 2.75) is 19.5 Å². The van der Waals surface area contributed by atoms with Crippen molar-refractivity contribution in [2.75, 3.05) is 13.7 Å². The molecule has 7 heteroatoms. The Hall–Kier alpha value is -2.70. The van der Waals surface area contributed by atoms with Gasteiger partial charge in [-0.15, -0.1) is 0 Å². The molecule has 1 amide bonds. The van der Waals surface area contributed by atoms with Crippen molar-refractivity contribution < 1.29 is 27.4 Å². The van der Waals surface area contributed by atoms with E-state index in [0.29, 0.717) is 18.5 Å². The molecule has 0 aliphatic carbocycles. The summed E-state index contributed by atoms with van der Waals surface area (Å²) >= 11 is 0. The molecule has 2 rings (SSSR count). The van der Waals surface area contributed by atoms with Gasteiger partial charge in [0.1, 0.15) is 5.82 Å². The van der Waals surface area contributed by atoms with Crippen LogP contribution in [0, 0.1) is 5.82 Å². The van der Waals surface area contributed by atoms with E-state index in [1.54, 1.807) is 24.3 Å². The average molecular weight is 353 g/mol. The minimum Gasteiger partial charge on any atom is -0.493 e. The lowest BCUT2D eigenvalue weighted by Gasteiger charge is -2.11. The van der Waals surface area contributed by atoms with Crippen LogP contribution in [0.2, 0.25) is 0 Å². The number of carbonyl (C=O) groups excluding carboxylic acids is 1. The molecular weight excluding hydrogens is 335 g/mol. The second-order valence-electron chi connectivity index (χ2n) is 5.27. The van der Waals surface area contributed by atoms with Crippen LogP contribution in [0.25, 0.3) is 0 Å². The van der Waals surface area contributed by atoms with Crippen LogP contribution in [-0.4, -0.2) is 26.2 Å². The normalized spacial score (nSPS) is 10.6. The van der Waals surface area contributed by atoms with Gasteiger partial charge in [0, 0.05) is 6.54 Å². The van der Waals surface area contributed by atoms with Crippen LogP contribution in [0.5, 0.6) is 11.5 Å². The standard InChI is InChI=1S/C18H18F3NO3/c1-24-16-10-12(5-6-15(16)25-18(20)21)7-8-22-17(23)11-13-3-2-4-14(19)9-13/h2-6,9-10,18H,7-8,11H2,1H3,(H,22,23). The molecule has 0 saturated carbocycles. The third-order valence-corrected chi connectivity index (χ3v) is 3.43. The van der Waals surface area contributed by atoms with Gasteiger partial charge in [0.05, 0.1) is 13.5 Å². The first-order chi connectivity index (χ1) is 12.0. The molecule has 4 nitrogen and oxygen atoms in total. The zero-order chi connectivity index (χ0) is 18.2. The fraction of sp³-hybridized carbons (Fsp3) is 0.278. The summed E-state index contributed by atoms with van der Waals surface area (Å²) < 4.78 is 47.0. The first-order valence-electron chi connectivity index (χ1n) is 7.61. The smallest absolute Gasteiger partial charge is 0.387 e. The van der Waals surface area contributed by atoms with Crippen LogP contribution in [0.15, 0.2) is 42.5 Å². The maximum absolute atomic E-state index is 13.1. The van der Waals surface area contributed by atoms with Crippen LogP contribution < -0.4 is 14.8 Å². The number of ether oxygens (including phenoxy) is 2. The van der Waals surface area contributed by atoms with Gasteiger partial charge >= 0.3 is 6.61 Å². The van der Waals surface area contributed by atoms with Crippen molar-refractivity contribution in [2.24, 2.45) is 0 Å². The minimum absolute atomic E-state index is 0.0450. The summed E-state index contributed by atoms with van der Waals surface area (Å²) in [5.41, 5.74) is 1.39. The molecule has 0 unspecified atom stereocenters. The van der Waals surface area contributed by atoms with E-state index in [9.17, 15) is 18.0 Å². The Morgan fingerprint density at radius 1 is 1.12 bits per heavy atom. The number of methoxy groups -OCH3 is 1. The van der Waals surface area contributed by atoms with E-state index in [1.165, 1.54) is 25.3 Å². The van der Waals surface area contributed by atoms with Crippen molar-refractivity contribution >= 4 is 5.91 Å². The van der Waals surface area contributed by atoms with E-state index in [-0.39, 0.29) is 29.6 Å². The Labute approximate surface area is 143 Å². The molecule has 0 aliphatic rings. The van der Waals surface area contributed by atoms with Gasteiger partial charge in [-0.05, 0) is 41.8 Å². The molecule has 0 spiro atoms. The Morgan fingerprint density at radius 3 is 2.60 bits per heavy atom. The second kappa shape index (κ2) is 8.96. The van der Waals surface area contributed by atoms with Gasteiger partial charge < -0.3 is 14.8 Å². The monoisotopic (exact) mass is 353 g/mol. The molecule has 25 heavy (non-hydrogen) atoms. The zero-order valence-electron chi connectivity index (χ0n) is 13.6. The molecular formula is C18H18F3NO3. The van der Waals surface area contributed by atoms with E-state index >= 15 is 0 Å². The fourth-order valence-electron chi connectivity index (χ4n) is 2.30. The SMILES string of the molecule is COc1cc(CCNC(=O)Cc2cccc(F)c2)ccc1OC(F)F. The Morgan fingerprint density at radius 2 is 1.92 bits per heavy atom. The fourth-order valence-corrected chi connectivity index (χ4v) is 2.30. The van der Waals surface area contributed by atoms with Crippen LogP contribution in [-0.2, 0) is 17.6 Å². The van der Waals surface area contributed by atoms with Crippen molar-refractivity contribution in [3.63, 3.8) is 0 Å². The third-order valence-electron chi connectivity index (χ3n) is 3.43. The van der Waals surface area contributed by atoms with Crippen LogP contribution >= 0.6 is 0 Å². The van der Waals surface area contributed by atoms with Crippen molar-refractivity contribution in [1.29, 1.82) is 0 Å². The highest BCUT2D eigenvalue weighted by Crippen LogP contribution is 2.29. The van der Waals surface area contributed by atoms with E-state index in [0.717, 1.165) is 5.56 Å². The number of hydrogen-bond acceptors (Lipinski definition) is 3. The molecule has 0 fully saturated rings. The highest BCUT2D eigenvalue weighted by molar-refractivity contribution is 5.78. The van der Waals surface area contributed by atoms with Crippen LogP contribution in [0.3, 0.4) is 0 Å². The van der Waals surface area contributed by atoms with Crippen molar-refractivity contribution in [3.05, 3.63) is 59.4 Å². The first kappa shape index (κ1) is 18.6. The maximum Gasteiger partial charge on any atom is 0.387 e. The molecule has 0 bridgehead atoms. The minimum atomic E-state index is -2.93. The van der Waals surface area contributed by atoms with Crippen molar-refractivity contribution in [3.8, 4) is 11.5 Å². The number of nitrogens with one attached hydrogen (secondary N) is 1. The summed E-state index contributed by atoms with van der Waals surface area (Å²) in [6, 6.07) is 10.5. The summed E-state index contributed by atoms with van der Waals surface area (Å²) in [6.07, 6.45) is 0.572. The molecule has 134 valence electrons. The summed E-state index contributed by atoms with van der Waals surface area (Å²) in [5.74, 6) is -0.459. The zero-order valence-corrected chi connectivity index (χ0v) is 13.6. The quantitative estimate of drug-likeness (QED) is 0.792. The molecule has 2 aromatic carbocycles. The summed E-state index contributed by atoms with van der Waals surface area (Å²) in [6.45, 7) is -2.58. The molecule has 0 heterocycles. The summed E-state index contributed by atoms with van der Waals surface area (Å²) in [4.78, 5) is 11.9. The van der Waals surface area contributed by atoms with Crippen molar-refractivity contribution in [1.82, 2.24) is 5.32 Å². The third kappa shape index (κ3) is 6.02. The molecule has 0 atom stereocenters. The Kier molecular flexibility index (Phi) is 6.68. The van der Waals surface area contributed by atoms with Crippen LogP contribution in [0.4, 0.5) is 13.2 Å². The van der Waals surface area contributed by atoms with Gasteiger partial charge in [0.2, 0.25) is 5.91 Å². The predicted molar refractivity (Wildman–Crippen MR) is 86.4 cm³/mol. The van der Waals surface area contributed by atoms with Gasteiger partial charge in [-0.25, -0.2) is 4.39 Å². The number of hydrogen-bond donors (Lipinski definition) is 1. The molecule has 0 saturated heterocycles. The van der Waals surface area contributed by atoms with Gasteiger partial charge in [-0.3, -0.25) is 4.79 Å². The van der Waals surface area contributed by atoms with Gasteiger partial charge in [0.25, 0.3) is 0 Å². The number of alkyl halides is 2. The van der Waals surface area contributed by atoms with E-state index in [2.05, 4.69) is 10.1 Å². The largest absolute Gasteiger partial charge is 0.493 e. The number of benzene rings is 2. The number of rotatable bonds is 8. The Balaban J connectivity index is 1.85.